The summed E-state index contributed by atoms with van der Waals surface area (Å²) < 4.78 is 25.8. The van der Waals surface area contributed by atoms with Crippen molar-refractivity contribution in [3.8, 4) is 0 Å². The van der Waals surface area contributed by atoms with Crippen molar-refractivity contribution in [3.63, 3.8) is 0 Å². The van der Waals surface area contributed by atoms with Crippen molar-refractivity contribution in [1.29, 1.82) is 0 Å². The summed E-state index contributed by atoms with van der Waals surface area (Å²) in [6.45, 7) is 1.78. The van der Waals surface area contributed by atoms with Crippen LogP contribution in [0.4, 0.5) is 8.78 Å². The zero-order chi connectivity index (χ0) is 13.8. The van der Waals surface area contributed by atoms with Crippen LogP contribution < -0.4 is 5.32 Å². The van der Waals surface area contributed by atoms with Gasteiger partial charge in [-0.05, 0) is 42.8 Å². The molecule has 19 heavy (non-hydrogen) atoms. The third-order valence-electron chi connectivity index (χ3n) is 2.80. The Labute approximate surface area is 110 Å². The van der Waals surface area contributed by atoms with Crippen LogP contribution in [-0.4, -0.2) is 5.91 Å². The van der Waals surface area contributed by atoms with Gasteiger partial charge in [0.05, 0.1) is 6.04 Å². The Bertz CT molecular complexity index is 581. The SMILES string of the molecule is CC(NC(=O)c1cccc(F)c1)c1ccc(F)cc1. The highest BCUT2D eigenvalue weighted by molar-refractivity contribution is 5.94. The first-order valence-electron chi connectivity index (χ1n) is 5.88. The van der Waals surface area contributed by atoms with Crippen LogP contribution in [-0.2, 0) is 0 Å². The smallest absolute Gasteiger partial charge is 0.251 e. The lowest BCUT2D eigenvalue weighted by molar-refractivity contribution is 0.0939. The zero-order valence-electron chi connectivity index (χ0n) is 10.4. The van der Waals surface area contributed by atoms with Crippen molar-refractivity contribution >= 4 is 5.91 Å². The van der Waals surface area contributed by atoms with Crippen molar-refractivity contribution in [1.82, 2.24) is 5.32 Å². The summed E-state index contributed by atoms with van der Waals surface area (Å²) in [6, 6.07) is 11.1. The number of hydrogen-bond donors (Lipinski definition) is 1. The molecular formula is C15H13F2NO. The van der Waals surface area contributed by atoms with Gasteiger partial charge in [0.15, 0.2) is 0 Å². The number of benzene rings is 2. The van der Waals surface area contributed by atoms with Crippen LogP contribution in [0.25, 0.3) is 0 Å². The van der Waals surface area contributed by atoms with Crippen LogP contribution in [0.1, 0.15) is 28.9 Å². The van der Waals surface area contributed by atoms with Crippen LogP contribution in [0, 0.1) is 11.6 Å². The van der Waals surface area contributed by atoms with E-state index >= 15 is 0 Å². The van der Waals surface area contributed by atoms with Gasteiger partial charge in [-0.15, -0.1) is 0 Å². The molecule has 1 amide bonds. The predicted octanol–water partition coefficient (Wildman–Crippen LogP) is 3.46. The number of nitrogens with one attached hydrogen (secondary N) is 1. The molecule has 0 saturated heterocycles. The summed E-state index contributed by atoms with van der Waals surface area (Å²) in [6.07, 6.45) is 0. The molecule has 2 aromatic rings. The Morgan fingerprint density at radius 2 is 1.74 bits per heavy atom. The van der Waals surface area contributed by atoms with Gasteiger partial charge in [-0.25, -0.2) is 8.78 Å². The molecule has 2 aromatic carbocycles. The highest BCUT2D eigenvalue weighted by Gasteiger charge is 2.11. The summed E-state index contributed by atoms with van der Waals surface area (Å²) in [4.78, 5) is 11.9. The first-order valence-corrected chi connectivity index (χ1v) is 5.88. The van der Waals surface area contributed by atoms with Gasteiger partial charge in [-0.1, -0.05) is 18.2 Å². The van der Waals surface area contributed by atoms with E-state index in [2.05, 4.69) is 5.32 Å². The lowest BCUT2D eigenvalue weighted by Crippen LogP contribution is -2.26. The third-order valence-corrected chi connectivity index (χ3v) is 2.80. The second-order valence-electron chi connectivity index (χ2n) is 4.26. The fraction of sp³-hybridized carbons (Fsp3) is 0.133. The summed E-state index contributed by atoms with van der Waals surface area (Å²) in [5.41, 5.74) is 1.04. The lowest BCUT2D eigenvalue weighted by Gasteiger charge is -2.14. The monoisotopic (exact) mass is 261 g/mol. The molecule has 4 heteroatoms. The number of carbonyl (C=O) groups is 1. The van der Waals surface area contributed by atoms with Crippen LogP contribution in [0.15, 0.2) is 48.5 Å². The second-order valence-corrected chi connectivity index (χ2v) is 4.26. The molecule has 0 bridgehead atoms. The molecule has 0 aliphatic carbocycles. The van der Waals surface area contributed by atoms with E-state index in [1.807, 2.05) is 0 Å². The van der Waals surface area contributed by atoms with E-state index < -0.39 is 5.82 Å². The standard InChI is InChI=1S/C15H13F2NO/c1-10(11-5-7-13(16)8-6-11)18-15(19)12-3-2-4-14(17)9-12/h2-10H,1H3,(H,18,19). The summed E-state index contributed by atoms with van der Waals surface area (Å²) in [5.74, 6) is -1.15. The van der Waals surface area contributed by atoms with Gasteiger partial charge in [0.25, 0.3) is 5.91 Å². The predicted molar refractivity (Wildman–Crippen MR) is 68.7 cm³/mol. The Morgan fingerprint density at radius 1 is 1.05 bits per heavy atom. The average molecular weight is 261 g/mol. The molecule has 0 aromatic heterocycles. The molecule has 0 spiro atoms. The minimum atomic E-state index is -0.456. The Balaban J connectivity index is 2.08. The van der Waals surface area contributed by atoms with Gasteiger partial charge in [-0.3, -0.25) is 4.79 Å². The second kappa shape index (κ2) is 5.61. The van der Waals surface area contributed by atoms with Gasteiger partial charge in [0, 0.05) is 5.56 Å². The van der Waals surface area contributed by atoms with E-state index in [0.717, 1.165) is 5.56 Å². The fourth-order valence-corrected chi connectivity index (χ4v) is 1.74. The van der Waals surface area contributed by atoms with Gasteiger partial charge in [0.2, 0.25) is 0 Å². The maximum atomic E-state index is 13.0. The molecule has 0 aliphatic heterocycles. The minimum absolute atomic E-state index is 0.258. The highest BCUT2D eigenvalue weighted by Crippen LogP contribution is 2.14. The van der Waals surface area contributed by atoms with E-state index in [1.54, 1.807) is 19.1 Å². The zero-order valence-corrected chi connectivity index (χ0v) is 10.4. The first-order chi connectivity index (χ1) is 9.06. The molecule has 0 aliphatic rings. The molecule has 0 fully saturated rings. The number of carbonyl (C=O) groups excluding carboxylic acids is 1. The topological polar surface area (TPSA) is 29.1 Å². The quantitative estimate of drug-likeness (QED) is 0.900. The Morgan fingerprint density at radius 3 is 2.37 bits per heavy atom. The molecular weight excluding hydrogens is 248 g/mol. The molecule has 0 heterocycles. The van der Waals surface area contributed by atoms with Gasteiger partial charge in [-0.2, -0.15) is 0 Å². The van der Waals surface area contributed by atoms with Crippen molar-refractivity contribution in [2.24, 2.45) is 0 Å². The maximum Gasteiger partial charge on any atom is 0.251 e. The Kier molecular flexibility index (Phi) is 3.90. The van der Waals surface area contributed by atoms with Gasteiger partial charge < -0.3 is 5.32 Å². The van der Waals surface area contributed by atoms with E-state index in [-0.39, 0.29) is 23.3 Å². The molecule has 1 N–H and O–H groups in total. The molecule has 0 saturated carbocycles. The molecule has 2 rings (SSSR count). The number of halogens is 2. The van der Waals surface area contributed by atoms with E-state index in [1.165, 1.54) is 36.4 Å². The lowest BCUT2D eigenvalue weighted by atomic mass is 10.1. The third kappa shape index (κ3) is 3.37. The van der Waals surface area contributed by atoms with Crippen molar-refractivity contribution in [2.45, 2.75) is 13.0 Å². The van der Waals surface area contributed by atoms with E-state index in [4.69, 9.17) is 0 Å². The summed E-state index contributed by atoms with van der Waals surface area (Å²) >= 11 is 0. The van der Waals surface area contributed by atoms with E-state index in [0.29, 0.717) is 0 Å². The van der Waals surface area contributed by atoms with Crippen LogP contribution >= 0.6 is 0 Å². The molecule has 98 valence electrons. The number of amides is 1. The largest absolute Gasteiger partial charge is 0.346 e. The van der Waals surface area contributed by atoms with E-state index in [9.17, 15) is 13.6 Å². The van der Waals surface area contributed by atoms with Crippen LogP contribution in [0.2, 0.25) is 0 Å². The fourth-order valence-electron chi connectivity index (χ4n) is 1.74. The number of rotatable bonds is 3. The number of hydrogen-bond acceptors (Lipinski definition) is 1. The highest BCUT2D eigenvalue weighted by atomic mass is 19.1. The summed E-state index contributed by atoms with van der Waals surface area (Å²) in [7, 11) is 0. The molecule has 1 atom stereocenters. The van der Waals surface area contributed by atoms with Gasteiger partial charge in [0.1, 0.15) is 11.6 Å². The van der Waals surface area contributed by atoms with Crippen molar-refractivity contribution in [3.05, 3.63) is 71.3 Å². The maximum absolute atomic E-state index is 13.0. The Hall–Kier alpha value is -2.23. The van der Waals surface area contributed by atoms with Crippen molar-refractivity contribution in [2.75, 3.05) is 0 Å². The molecule has 1 unspecified atom stereocenters. The summed E-state index contributed by atoms with van der Waals surface area (Å²) in [5, 5.41) is 2.73. The minimum Gasteiger partial charge on any atom is -0.346 e. The first kappa shape index (κ1) is 13.2. The van der Waals surface area contributed by atoms with Crippen LogP contribution in [0.5, 0.6) is 0 Å². The van der Waals surface area contributed by atoms with Crippen LogP contribution in [0.3, 0.4) is 0 Å². The normalized spacial score (nSPS) is 11.9. The molecule has 2 nitrogen and oxygen atoms in total. The molecule has 0 radical (unpaired) electrons. The van der Waals surface area contributed by atoms with Gasteiger partial charge >= 0.3 is 0 Å². The van der Waals surface area contributed by atoms with Crippen molar-refractivity contribution < 1.29 is 13.6 Å². The average Bonchev–Trinajstić information content (AvgIpc) is 2.39.